The zero-order valence-electron chi connectivity index (χ0n) is 13.7. The van der Waals surface area contributed by atoms with Gasteiger partial charge in [0, 0.05) is 44.2 Å². The Bertz CT molecular complexity index is 540. The molecule has 0 unspecified atom stereocenters. The first-order valence-corrected chi connectivity index (χ1v) is 8.31. The minimum absolute atomic E-state index is 0.112. The number of hydrogen-bond donors (Lipinski definition) is 1. The predicted octanol–water partition coefficient (Wildman–Crippen LogP) is 2.83. The number of ketones is 1. The maximum absolute atomic E-state index is 12.7. The lowest BCUT2D eigenvalue weighted by atomic mass is 9.98. The summed E-state index contributed by atoms with van der Waals surface area (Å²) in [4.78, 5) is 15.0. The fraction of sp³-hybridized carbons (Fsp3) is 0.588. The third kappa shape index (κ3) is 4.00. The number of benzene rings is 1. The molecule has 2 rings (SSSR count). The van der Waals surface area contributed by atoms with E-state index in [1.807, 2.05) is 26.8 Å². The molecule has 1 aliphatic rings. The minimum atomic E-state index is 0.112. The lowest BCUT2D eigenvalue weighted by Gasteiger charge is -2.27. The summed E-state index contributed by atoms with van der Waals surface area (Å²) in [5.74, 6) is 0.772. The van der Waals surface area contributed by atoms with Crippen molar-refractivity contribution in [2.45, 2.75) is 27.2 Å². The molecule has 0 aliphatic carbocycles. The summed E-state index contributed by atoms with van der Waals surface area (Å²) in [6.45, 7) is 11.1. The van der Waals surface area contributed by atoms with Crippen molar-refractivity contribution < 1.29 is 9.53 Å². The van der Waals surface area contributed by atoms with Crippen LogP contribution in [0.1, 0.15) is 34.8 Å². The number of aryl methyl sites for hydroxylation is 1. The van der Waals surface area contributed by atoms with Gasteiger partial charge in [0.2, 0.25) is 0 Å². The minimum Gasteiger partial charge on any atom is -0.493 e. The zero-order valence-corrected chi connectivity index (χ0v) is 14.4. The fourth-order valence-corrected chi connectivity index (χ4v) is 3.01. The van der Waals surface area contributed by atoms with Crippen molar-refractivity contribution in [2.75, 3.05) is 39.3 Å². The van der Waals surface area contributed by atoms with E-state index < -0.39 is 0 Å². The van der Waals surface area contributed by atoms with Gasteiger partial charge in [-0.1, -0.05) is 11.6 Å². The Hall–Kier alpha value is -1.10. The molecule has 1 aromatic carbocycles. The first kappa shape index (κ1) is 17.3. The number of ether oxygens (including phenoxy) is 1. The Morgan fingerprint density at radius 1 is 1.36 bits per heavy atom. The summed E-state index contributed by atoms with van der Waals surface area (Å²) in [6, 6.07) is 1.87. The van der Waals surface area contributed by atoms with E-state index in [1.165, 1.54) is 0 Å². The van der Waals surface area contributed by atoms with Crippen molar-refractivity contribution in [1.29, 1.82) is 0 Å². The maximum atomic E-state index is 12.7. The number of hydrogen-bond acceptors (Lipinski definition) is 4. The highest BCUT2D eigenvalue weighted by molar-refractivity contribution is 6.32. The van der Waals surface area contributed by atoms with Gasteiger partial charge < -0.3 is 15.0 Å². The molecule has 22 heavy (non-hydrogen) atoms. The molecule has 1 N–H and O–H groups in total. The topological polar surface area (TPSA) is 41.6 Å². The second kappa shape index (κ2) is 7.95. The van der Waals surface area contributed by atoms with Gasteiger partial charge in [-0.3, -0.25) is 4.79 Å². The number of rotatable bonds is 6. The molecular formula is C17H25ClN2O2. The predicted molar refractivity (Wildman–Crippen MR) is 90.4 cm³/mol. The number of carbonyl (C=O) groups excluding carboxylic acids is 1. The van der Waals surface area contributed by atoms with Gasteiger partial charge in [0.15, 0.2) is 5.78 Å². The number of piperazine rings is 1. The molecule has 1 saturated heterocycles. The second-order valence-electron chi connectivity index (χ2n) is 5.70. The quantitative estimate of drug-likeness (QED) is 0.817. The number of Topliss-reactive ketones (excluding diaryl/α,β-unsaturated/α-hetero) is 1. The van der Waals surface area contributed by atoms with E-state index >= 15 is 0 Å². The van der Waals surface area contributed by atoms with E-state index in [0.717, 1.165) is 43.9 Å². The van der Waals surface area contributed by atoms with Crippen LogP contribution in [0.5, 0.6) is 5.75 Å². The Labute approximate surface area is 137 Å². The first-order valence-electron chi connectivity index (χ1n) is 7.93. The van der Waals surface area contributed by atoms with Crippen LogP contribution in [0.25, 0.3) is 0 Å². The highest BCUT2D eigenvalue weighted by atomic mass is 35.5. The molecule has 5 heteroatoms. The molecule has 122 valence electrons. The molecule has 0 aromatic heterocycles. The molecular weight excluding hydrogens is 300 g/mol. The molecule has 0 bridgehead atoms. The normalized spacial score (nSPS) is 15.8. The summed E-state index contributed by atoms with van der Waals surface area (Å²) < 4.78 is 5.66. The van der Waals surface area contributed by atoms with E-state index in [1.54, 1.807) is 0 Å². The van der Waals surface area contributed by atoms with Crippen LogP contribution in [0, 0.1) is 13.8 Å². The third-order valence-corrected chi connectivity index (χ3v) is 4.67. The van der Waals surface area contributed by atoms with Crippen molar-refractivity contribution in [2.24, 2.45) is 0 Å². The van der Waals surface area contributed by atoms with Crippen LogP contribution in [0.4, 0.5) is 0 Å². The molecule has 4 nitrogen and oxygen atoms in total. The van der Waals surface area contributed by atoms with Gasteiger partial charge in [0.05, 0.1) is 12.2 Å². The van der Waals surface area contributed by atoms with Gasteiger partial charge in [-0.05, 0) is 38.0 Å². The molecule has 0 spiro atoms. The highest BCUT2D eigenvalue weighted by Gasteiger charge is 2.20. The van der Waals surface area contributed by atoms with Gasteiger partial charge in [-0.15, -0.1) is 0 Å². The van der Waals surface area contributed by atoms with E-state index in [-0.39, 0.29) is 5.78 Å². The van der Waals surface area contributed by atoms with Crippen molar-refractivity contribution >= 4 is 17.4 Å². The van der Waals surface area contributed by atoms with Crippen LogP contribution in [-0.4, -0.2) is 50.0 Å². The average molecular weight is 325 g/mol. The molecule has 0 saturated carbocycles. The number of nitrogens with zero attached hydrogens (tertiary/aromatic N) is 1. The molecule has 1 aromatic rings. The van der Waals surface area contributed by atoms with Crippen LogP contribution >= 0.6 is 11.6 Å². The second-order valence-corrected chi connectivity index (χ2v) is 6.08. The number of halogens is 1. The van der Waals surface area contributed by atoms with Crippen molar-refractivity contribution in [3.05, 3.63) is 27.8 Å². The van der Waals surface area contributed by atoms with Gasteiger partial charge in [-0.25, -0.2) is 0 Å². The number of carbonyl (C=O) groups is 1. The van der Waals surface area contributed by atoms with Crippen LogP contribution in [0.15, 0.2) is 6.07 Å². The van der Waals surface area contributed by atoms with Gasteiger partial charge >= 0.3 is 0 Å². The molecule has 1 fully saturated rings. The molecule has 0 radical (unpaired) electrons. The van der Waals surface area contributed by atoms with Gasteiger partial charge in [0.1, 0.15) is 5.75 Å². The Morgan fingerprint density at radius 3 is 2.68 bits per heavy atom. The summed E-state index contributed by atoms with van der Waals surface area (Å²) in [5, 5.41) is 3.98. The molecule has 0 amide bonds. The lowest BCUT2D eigenvalue weighted by Crippen LogP contribution is -2.44. The summed E-state index contributed by atoms with van der Waals surface area (Å²) in [7, 11) is 0. The summed E-state index contributed by atoms with van der Waals surface area (Å²) in [5.41, 5.74) is 2.42. The smallest absolute Gasteiger partial charge is 0.168 e. The van der Waals surface area contributed by atoms with E-state index in [4.69, 9.17) is 16.3 Å². The van der Waals surface area contributed by atoms with E-state index in [9.17, 15) is 4.79 Å². The van der Waals surface area contributed by atoms with Crippen LogP contribution in [0.3, 0.4) is 0 Å². The Morgan fingerprint density at radius 2 is 2.05 bits per heavy atom. The standard InChI is InChI=1S/C17H25ClN2O2/c1-4-22-15-11-12(2)17(18)13(3)16(15)14(21)5-8-20-9-6-19-7-10-20/h11,19H,4-10H2,1-3H3. The van der Waals surface area contributed by atoms with Crippen LogP contribution in [-0.2, 0) is 0 Å². The molecule has 1 aliphatic heterocycles. The highest BCUT2D eigenvalue weighted by Crippen LogP contribution is 2.32. The lowest BCUT2D eigenvalue weighted by molar-refractivity contribution is 0.0956. The number of nitrogens with one attached hydrogen (secondary N) is 1. The van der Waals surface area contributed by atoms with Crippen molar-refractivity contribution in [1.82, 2.24) is 10.2 Å². The van der Waals surface area contributed by atoms with Gasteiger partial charge in [-0.2, -0.15) is 0 Å². The Kier molecular flexibility index (Phi) is 6.24. The van der Waals surface area contributed by atoms with E-state index in [0.29, 0.717) is 29.4 Å². The van der Waals surface area contributed by atoms with Crippen molar-refractivity contribution in [3.8, 4) is 5.75 Å². The zero-order chi connectivity index (χ0) is 16.1. The largest absolute Gasteiger partial charge is 0.493 e. The van der Waals surface area contributed by atoms with E-state index in [2.05, 4.69) is 10.2 Å². The van der Waals surface area contributed by atoms with Crippen LogP contribution < -0.4 is 10.1 Å². The SMILES string of the molecule is CCOc1cc(C)c(Cl)c(C)c1C(=O)CCN1CCNCC1. The summed E-state index contributed by atoms with van der Waals surface area (Å²) in [6.07, 6.45) is 0.500. The average Bonchev–Trinajstić information content (AvgIpc) is 2.52. The Balaban J connectivity index is 2.14. The first-order chi connectivity index (χ1) is 10.5. The van der Waals surface area contributed by atoms with Crippen molar-refractivity contribution in [3.63, 3.8) is 0 Å². The van der Waals surface area contributed by atoms with Crippen LogP contribution in [0.2, 0.25) is 5.02 Å². The molecule has 0 atom stereocenters. The molecule has 1 heterocycles. The maximum Gasteiger partial charge on any atom is 0.168 e. The van der Waals surface area contributed by atoms with Gasteiger partial charge in [0.25, 0.3) is 0 Å². The monoisotopic (exact) mass is 324 g/mol. The summed E-state index contributed by atoms with van der Waals surface area (Å²) >= 11 is 6.32. The fourth-order valence-electron chi connectivity index (χ4n) is 2.86. The third-order valence-electron chi connectivity index (χ3n) is 4.09.